The van der Waals surface area contributed by atoms with Gasteiger partial charge in [0.2, 0.25) is 0 Å². The first kappa shape index (κ1) is 10.2. The molecule has 0 radical (unpaired) electrons. The third kappa shape index (κ3) is 1.86. The average molecular weight is 258 g/mol. The zero-order valence-electron chi connectivity index (χ0n) is 8.46. The summed E-state index contributed by atoms with van der Waals surface area (Å²) in [4.78, 5) is 0. The number of rotatable bonds is 2. The van der Waals surface area contributed by atoms with Crippen molar-refractivity contribution in [2.45, 2.75) is 38.8 Å². The van der Waals surface area contributed by atoms with E-state index in [-0.39, 0.29) is 0 Å². The maximum absolute atomic E-state index is 4.34. The van der Waals surface area contributed by atoms with Crippen LogP contribution in [0.15, 0.2) is 10.8 Å². The predicted octanol–water partition coefficient (Wildman–Crippen LogP) is 2.48. The Balaban J connectivity index is 2.18. The van der Waals surface area contributed by atoms with E-state index in [0.29, 0.717) is 6.04 Å². The van der Waals surface area contributed by atoms with E-state index in [1.165, 1.54) is 24.8 Å². The molecule has 1 aliphatic rings. The van der Waals surface area contributed by atoms with Crippen molar-refractivity contribution in [1.82, 2.24) is 15.1 Å². The molecule has 1 saturated heterocycles. The number of aryl methyl sites for hydroxylation is 1. The quantitative estimate of drug-likeness (QED) is 0.883. The predicted molar refractivity (Wildman–Crippen MR) is 60.2 cm³/mol. The van der Waals surface area contributed by atoms with Gasteiger partial charge in [-0.3, -0.25) is 4.68 Å². The van der Waals surface area contributed by atoms with Crippen molar-refractivity contribution >= 4 is 15.9 Å². The van der Waals surface area contributed by atoms with E-state index in [1.807, 2.05) is 10.9 Å². The summed E-state index contributed by atoms with van der Waals surface area (Å²) in [5, 5.41) is 7.87. The summed E-state index contributed by atoms with van der Waals surface area (Å²) in [6, 6.07) is 0.499. The van der Waals surface area contributed by atoms with E-state index in [2.05, 4.69) is 33.3 Å². The van der Waals surface area contributed by atoms with Gasteiger partial charge in [0.25, 0.3) is 0 Å². The van der Waals surface area contributed by atoms with Gasteiger partial charge in [0.1, 0.15) is 4.60 Å². The molecule has 4 heteroatoms. The Morgan fingerprint density at radius 3 is 3.07 bits per heavy atom. The molecule has 0 aliphatic carbocycles. The minimum atomic E-state index is 0.499. The highest BCUT2D eigenvalue weighted by Crippen LogP contribution is 2.28. The lowest BCUT2D eigenvalue weighted by Crippen LogP contribution is -2.26. The molecule has 2 heterocycles. The van der Waals surface area contributed by atoms with E-state index < -0.39 is 0 Å². The molecule has 1 fully saturated rings. The summed E-state index contributed by atoms with van der Waals surface area (Å²) in [7, 11) is 0. The van der Waals surface area contributed by atoms with Gasteiger partial charge in [0.05, 0.1) is 6.20 Å². The molecule has 3 nitrogen and oxygen atoms in total. The molecule has 1 N–H and O–H groups in total. The molecule has 0 amide bonds. The highest BCUT2D eigenvalue weighted by Gasteiger charge is 2.19. The van der Waals surface area contributed by atoms with Crippen molar-refractivity contribution in [3.8, 4) is 0 Å². The zero-order chi connectivity index (χ0) is 9.97. The molecule has 1 unspecified atom stereocenters. The van der Waals surface area contributed by atoms with E-state index in [1.54, 1.807) is 0 Å². The van der Waals surface area contributed by atoms with Gasteiger partial charge in [-0.05, 0) is 42.2 Å². The summed E-state index contributed by atoms with van der Waals surface area (Å²) in [5.74, 6) is 0. The Kier molecular flexibility index (Phi) is 3.23. The molecule has 0 aromatic carbocycles. The third-order valence-corrected chi connectivity index (χ3v) is 3.65. The number of halogens is 1. The molecular formula is C10H16BrN3. The molecule has 2 rings (SSSR count). The van der Waals surface area contributed by atoms with Crippen LogP contribution in [0.3, 0.4) is 0 Å². The highest BCUT2D eigenvalue weighted by atomic mass is 79.9. The Morgan fingerprint density at radius 1 is 1.64 bits per heavy atom. The van der Waals surface area contributed by atoms with Crippen LogP contribution < -0.4 is 5.32 Å². The number of piperidine rings is 1. The minimum absolute atomic E-state index is 0.499. The van der Waals surface area contributed by atoms with Crippen LogP contribution in [0.25, 0.3) is 0 Å². The Morgan fingerprint density at radius 2 is 2.50 bits per heavy atom. The molecular weight excluding hydrogens is 242 g/mol. The number of hydrogen-bond donors (Lipinski definition) is 1. The van der Waals surface area contributed by atoms with Crippen LogP contribution in [0.2, 0.25) is 0 Å². The van der Waals surface area contributed by atoms with Crippen molar-refractivity contribution in [2.24, 2.45) is 0 Å². The Hall–Kier alpha value is -0.350. The van der Waals surface area contributed by atoms with Crippen LogP contribution in [0.1, 0.15) is 37.8 Å². The monoisotopic (exact) mass is 257 g/mol. The lowest BCUT2D eigenvalue weighted by molar-refractivity contribution is 0.410. The number of hydrogen-bond acceptors (Lipinski definition) is 2. The average Bonchev–Trinajstić information content (AvgIpc) is 2.61. The topological polar surface area (TPSA) is 29.9 Å². The van der Waals surface area contributed by atoms with E-state index in [9.17, 15) is 0 Å². The van der Waals surface area contributed by atoms with Crippen LogP contribution in [0.5, 0.6) is 0 Å². The molecule has 1 aromatic rings. The molecule has 1 atom stereocenters. The van der Waals surface area contributed by atoms with E-state index in [0.717, 1.165) is 17.7 Å². The van der Waals surface area contributed by atoms with Crippen LogP contribution >= 0.6 is 15.9 Å². The van der Waals surface area contributed by atoms with Gasteiger partial charge in [0, 0.05) is 18.2 Å². The second-order valence-electron chi connectivity index (χ2n) is 3.71. The van der Waals surface area contributed by atoms with Crippen molar-refractivity contribution < 1.29 is 0 Å². The van der Waals surface area contributed by atoms with Crippen molar-refractivity contribution in [3.63, 3.8) is 0 Å². The van der Waals surface area contributed by atoms with Crippen LogP contribution in [-0.4, -0.2) is 16.3 Å². The van der Waals surface area contributed by atoms with Gasteiger partial charge >= 0.3 is 0 Å². The molecule has 1 aliphatic heterocycles. The summed E-state index contributed by atoms with van der Waals surface area (Å²) in [5.41, 5.74) is 1.31. The molecule has 1 aromatic heterocycles. The van der Waals surface area contributed by atoms with Crippen molar-refractivity contribution in [1.29, 1.82) is 0 Å². The fourth-order valence-electron chi connectivity index (χ4n) is 1.96. The zero-order valence-corrected chi connectivity index (χ0v) is 10.0. The summed E-state index contributed by atoms with van der Waals surface area (Å²) < 4.78 is 3.13. The Bertz CT molecular complexity index is 302. The Labute approximate surface area is 93.0 Å². The van der Waals surface area contributed by atoms with Gasteiger partial charge < -0.3 is 5.32 Å². The normalized spacial score (nSPS) is 22.6. The molecule has 0 bridgehead atoms. The van der Waals surface area contributed by atoms with Gasteiger partial charge in [-0.15, -0.1) is 0 Å². The fourth-order valence-corrected chi connectivity index (χ4v) is 2.68. The maximum Gasteiger partial charge on any atom is 0.108 e. The van der Waals surface area contributed by atoms with E-state index in [4.69, 9.17) is 0 Å². The van der Waals surface area contributed by atoms with Gasteiger partial charge in [0.15, 0.2) is 0 Å². The first-order valence-electron chi connectivity index (χ1n) is 5.27. The minimum Gasteiger partial charge on any atom is -0.310 e. The number of nitrogens with zero attached hydrogens (tertiary/aromatic N) is 2. The van der Waals surface area contributed by atoms with E-state index >= 15 is 0 Å². The second-order valence-corrected chi connectivity index (χ2v) is 4.46. The molecule has 78 valence electrons. The van der Waals surface area contributed by atoms with Crippen LogP contribution in [0.4, 0.5) is 0 Å². The van der Waals surface area contributed by atoms with Gasteiger partial charge in [-0.25, -0.2) is 0 Å². The molecule has 0 spiro atoms. The second kappa shape index (κ2) is 4.45. The first-order chi connectivity index (χ1) is 6.83. The largest absolute Gasteiger partial charge is 0.310 e. The van der Waals surface area contributed by atoms with Gasteiger partial charge in [-0.2, -0.15) is 5.10 Å². The van der Waals surface area contributed by atoms with Gasteiger partial charge in [-0.1, -0.05) is 6.42 Å². The first-order valence-corrected chi connectivity index (χ1v) is 6.06. The van der Waals surface area contributed by atoms with Crippen LogP contribution in [0, 0.1) is 0 Å². The third-order valence-electron chi connectivity index (χ3n) is 2.79. The summed E-state index contributed by atoms with van der Waals surface area (Å²) in [6.07, 6.45) is 5.84. The lowest BCUT2D eigenvalue weighted by atomic mass is 10.0. The smallest absolute Gasteiger partial charge is 0.108 e. The number of nitrogens with one attached hydrogen (secondary N) is 1. The van der Waals surface area contributed by atoms with Crippen molar-refractivity contribution in [2.75, 3.05) is 6.54 Å². The SMILES string of the molecule is CCn1ncc(C2CCCCN2)c1Br. The summed E-state index contributed by atoms with van der Waals surface area (Å²) >= 11 is 3.61. The maximum atomic E-state index is 4.34. The molecule has 0 saturated carbocycles. The summed E-state index contributed by atoms with van der Waals surface area (Å²) in [6.45, 7) is 4.16. The molecule has 14 heavy (non-hydrogen) atoms. The van der Waals surface area contributed by atoms with Crippen molar-refractivity contribution in [3.05, 3.63) is 16.4 Å². The standard InChI is InChI=1S/C10H16BrN3/c1-2-14-10(11)8(7-13-14)9-5-3-4-6-12-9/h7,9,12H,2-6H2,1H3. The highest BCUT2D eigenvalue weighted by molar-refractivity contribution is 9.10. The fraction of sp³-hybridized carbons (Fsp3) is 0.700. The van der Waals surface area contributed by atoms with Crippen LogP contribution in [-0.2, 0) is 6.54 Å². The lowest BCUT2D eigenvalue weighted by Gasteiger charge is -2.22. The number of aromatic nitrogens is 2.